The molecular weight excluding hydrogens is 316 g/mol. The number of halogens is 1. The first-order valence-corrected chi connectivity index (χ1v) is 8.61. The fourth-order valence-corrected chi connectivity index (χ4v) is 3.73. The summed E-state index contributed by atoms with van der Waals surface area (Å²) in [5, 5.41) is 6.03. The molecule has 0 aliphatic carbocycles. The van der Waals surface area contributed by atoms with Gasteiger partial charge in [0.2, 0.25) is 5.91 Å². The highest BCUT2D eigenvalue weighted by Gasteiger charge is 2.29. The van der Waals surface area contributed by atoms with Gasteiger partial charge < -0.3 is 21.3 Å². The molecule has 2 aliphatic heterocycles. The van der Waals surface area contributed by atoms with Crippen molar-refractivity contribution < 1.29 is 9.59 Å². The fourth-order valence-electron chi connectivity index (χ4n) is 3.73. The normalized spacial score (nSPS) is 23.7. The second-order valence-corrected chi connectivity index (χ2v) is 6.75. The minimum Gasteiger partial charge on any atom is -0.352 e. The molecule has 0 spiro atoms. The van der Waals surface area contributed by atoms with E-state index in [-0.39, 0.29) is 24.4 Å². The number of carbonyl (C=O) groups excluding carboxylic acids is 2. The highest BCUT2D eigenvalue weighted by Crippen LogP contribution is 2.26. The zero-order valence-corrected chi connectivity index (χ0v) is 14.9. The smallest absolute Gasteiger partial charge is 0.312 e. The van der Waals surface area contributed by atoms with E-state index in [9.17, 15) is 9.59 Å². The molecule has 0 aromatic rings. The van der Waals surface area contributed by atoms with Gasteiger partial charge in [0.05, 0.1) is 0 Å². The number of piperidine rings is 2. The van der Waals surface area contributed by atoms with Crippen LogP contribution in [0.15, 0.2) is 0 Å². The second-order valence-electron chi connectivity index (χ2n) is 6.75. The predicted molar refractivity (Wildman–Crippen MR) is 93.6 cm³/mol. The van der Waals surface area contributed by atoms with Gasteiger partial charge in [0.25, 0.3) is 0 Å². The van der Waals surface area contributed by atoms with Crippen LogP contribution < -0.4 is 16.4 Å². The van der Waals surface area contributed by atoms with E-state index in [1.807, 2.05) is 4.90 Å². The Bertz CT molecular complexity index is 388. The number of nitrogens with one attached hydrogen (secondary N) is 2. The summed E-state index contributed by atoms with van der Waals surface area (Å²) >= 11 is 0. The first kappa shape index (κ1) is 20.0. The van der Waals surface area contributed by atoms with E-state index >= 15 is 0 Å². The van der Waals surface area contributed by atoms with Gasteiger partial charge in [0.15, 0.2) is 0 Å². The molecule has 2 saturated heterocycles. The summed E-state index contributed by atoms with van der Waals surface area (Å²) in [5.41, 5.74) is 5.15. The SMILES string of the molecule is CC(CC(=O)N1CCCCC1CNC(N)=O)C1CCNCC1.Cl. The molecule has 2 heterocycles. The van der Waals surface area contributed by atoms with Crippen LogP contribution in [0.2, 0.25) is 0 Å². The lowest BCUT2D eigenvalue weighted by molar-refractivity contribution is -0.136. The Balaban J connectivity index is 0.00000264. The number of carbonyl (C=O) groups is 2. The third kappa shape index (κ3) is 6.18. The lowest BCUT2D eigenvalue weighted by Crippen LogP contribution is -2.50. The van der Waals surface area contributed by atoms with Crippen molar-refractivity contribution in [1.29, 1.82) is 0 Å². The summed E-state index contributed by atoms with van der Waals surface area (Å²) in [6.45, 7) is 5.62. The van der Waals surface area contributed by atoms with Crippen LogP contribution in [0.5, 0.6) is 0 Å². The molecule has 6 nitrogen and oxygen atoms in total. The van der Waals surface area contributed by atoms with Crippen molar-refractivity contribution in [3.05, 3.63) is 0 Å². The monoisotopic (exact) mass is 346 g/mol. The van der Waals surface area contributed by atoms with Gasteiger partial charge in [-0.2, -0.15) is 0 Å². The van der Waals surface area contributed by atoms with Crippen LogP contribution in [0.1, 0.15) is 45.4 Å². The number of nitrogens with zero attached hydrogens (tertiary/aromatic N) is 1. The van der Waals surface area contributed by atoms with E-state index in [4.69, 9.17) is 5.73 Å². The summed E-state index contributed by atoms with van der Waals surface area (Å²) in [6, 6.07) is -0.407. The molecule has 0 aromatic heterocycles. The van der Waals surface area contributed by atoms with Gasteiger partial charge >= 0.3 is 6.03 Å². The number of urea groups is 1. The van der Waals surface area contributed by atoms with Crippen molar-refractivity contribution >= 4 is 24.3 Å². The first-order chi connectivity index (χ1) is 10.6. The number of amides is 3. The highest BCUT2D eigenvalue weighted by molar-refractivity contribution is 5.85. The molecule has 2 unspecified atom stereocenters. The number of nitrogens with two attached hydrogens (primary N) is 1. The second kappa shape index (κ2) is 9.98. The van der Waals surface area contributed by atoms with E-state index in [1.54, 1.807) is 0 Å². The minimum absolute atomic E-state index is 0. The molecule has 0 saturated carbocycles. The van der Waals surface area contributed by atoms with E-state index < -0.39 is 6.03 Å². The van der Waals surface area contributed by atoms with Crippen molar-refractivity contribution in [3.8, 4) is 0 Å². The average Bonchev–Trinajstić information content (AvgIpc) is 2.54. The van der Waals surface area contributed by atoms with Crippen molar-refractivity contribution in [2.75, 3.05) is 26.2 Å². The molecule has 2 aliphatic rings. The Hall–Kier alpha value is -1.01. The van der Waals surface area contributed by atoms with Gasteiger partial charge in [-0.15, -0.1) is 12.4 Å². The molecule has 3 amide bonds. The fraction of sp³-hybridized carbons (Fsp3) is 0.875. The highest BCUT2D eigenvalue weighted by atomic mass is 35.5. The number of rotatable bonds is 5. The summed E-state index contributed by atoms with van der Waals surface area (Å²) < 4.78 is 0. The molecule has 2 fully saturated rings. The maximum atomic E-state index is 12.7. The van der Waals surface area contributed by atoms with Crippen LogP contribution in [0.25, 0.3) is 0 Å². The topological polar surface area (TPSA) is 87.5 Å². The zero-order chi connectivity index (χ0) is 15.9. The third-order valence-corrected chi connectivity index (χ3v) is 5.14. The molecule has 0 radical (unpaired) electrons. The maximum Gasteiger partial charge on any atom is 0.312 e. The van der Waals surface area contributed by atoms with E-state index in [2.05, 4.69) is 17.6 Å². The van der Waals surface area contributed by atoms with E-state index in [0.29, 0.717) is 24.8 Å². The molecule has 0 aromatic carbocycles. The Kier molecular flexibility index (Phi) is 8.69. The number of likely N-dealkylation sites (tertiary alicyclic amines) is 1. The van der Waals surface area contributed by atoms with Gasteiger partial charge in [0, 0.05) is 25.6 Å². The van der Waals surface area contributed by atoms with Gasteiger partial charge in [-0.1, -0.05) is 6.92 Å². The quantitative estimate of drug-likeness (QED) is 0.704. The summed E-state index contributed by atoms with van der Waals surface area (Å²) in [5.74, 6) is 1.32. The van der Waals surface area contributed by atoms with Gasteiger partial charge in [-0.25, -0.2) is 4.79 Å². The number of primary amides is 1. The van der Waals surface area contributed by atoms with E-state index in [0.717, 1.165) is 38.9 Å². The molecule has 2 rings (SSSR count). The van der Waals surface area contributed by atoms with Gasteiger partial charge in [-0.05, 0) is 57.0 Å². The lowest BCUT2D eigenvalue weighted by Gasteiger charge is -2.37. The standard InChI is InChI=1S/C16H30N4O2.ClH/c1-12(13-5-7-18-8-6-13)10-15(21)20-9-3-2-4-14(20)11-19-16(17)22;/h12-14,18H,2-11H2,1H3,(H3,17,19,22);1H. The Morgan fingerprint density at radius 2 is 1.96 bits per heavy atom. The van der Waals surface area contributed by atoms with Crippen LogP contribution in [-0.4, -0.2) is 49.1 Å². The molecule has 2 atom stereocenters. The van der Waals surface area contributed by atoms with Crippen LogP contribution in [0.3, 0.4) is 0 Å². The summed E-state index contributed by atoms with van der Waals surface area (Å²) in [7, 11) is 0. The molecular formula is C16H31ClN4O2. The lowest BCUT2D eigenvalue weighted by atomic mass is 9.83. The van der Waals surface area contributed by atoms with Crippen molar-refractivity contribution in [3.63, 3.8) is 0 Å². The molecule has 134 valence electrons. The Morgan fingerprint density at radius 3 is 2.61 bits per heavy atom. The number of hydrogen-bond donors (Lipinski definition) is 3. The van der Waals surface area contributed by atoms with Gasteiger partial charge in [-0.3, -0.25) is 4.79 Å². The largest absolute Gasteiger partial charge is 0.352 e. The molecule has 7 heteroatoms. The predicted octanol–water partition coefficient (Wildman–Crippen LogP) is 1.48. The molecule has 23 heavy (non-hydrogen) atoms. The third-order valence-electron chi connectivity index (χ3n) is 5.14. The van der Waals surface area contributed by atoms with Gasteiger partial charge in [0.1, 0.15) is 0 Å². The maximum absolute atomic E-state index is 12.7. The first-order valence-electron chi connectivity index (χ1n) is 8.61. The van der Waals surface area contributed by atoms with Crippen molar-refractivity contribution in [2.45, 2.75) is 51.5 Å². The molecule has 4 N–H and O–H groups in total. The molecule has 0 bridgehead atoms. The average molecular weight is 347 g/mol. The van der Waals surface area contributed by atoms with Crippen molar-refractivity contribution in [1.82, 2.24) is 15.5 Å². The Morgan fingerprint density at radius 1 is 1.26 bits per heavy atom. The number of hydrogen-bond acceptors (Lipinski definition) is 3. The van der Waals surface area contributed by atoms with Crippen LogP contribution in [0.4, 0.5) is 4.79 Å². The summed E-state index contributed by atoms with van der Waals surface area (Å²) in [4.78, 5) is 25.5. The van der Waals surface area contributed by atoms with Crippen LogP contribution in [-0.2, 0) is 4.79 Å². The minimum atomic E-state index is -0.513. The van der Waals surface area contributed by atoms with Crippen molar-refractivity contribution in [2.24, 2.45) is 17.6 Å². The van der Waals surface area contributed by atoms with Crippen LogP contribution >= 0.6 is 12.4 Å². The van der Waals surface area contributed by atoms with E-state index in [1.165, 1.54) is 12.8 Å². The zero-order valence-electron chi connectivity index (χ0n) is 14.1. The van der Waals surface area contributed by atoms with Crippen LogP contribution in [0, 0.1) is 11.8 Å². The summed E-state index contributed by atoms with van der Waals surface area (Å²) in [6.07, 6.45) is 6.08. The Labute approximate surface area is 145 Å².